The average molecular weight is 317 g/mol. The van der Waals surface area contributed by atoms with Crippen LogP contribution in [0.15, 0.2) is 4.47 Å². The summed E-state index contributed by atoms with van der Waals surface area (Å²) >= 11 is 7.97. The second-order valence-corrected chi connectivity index (χ2v) is 4.19. The van der Waals surface area contributed by atoms with Gasteiger partial charge in [-0.05, 0) is 15.9 Å². The minimum Gasteiger partial charge on any atom is -0.378 e. The van der Waals surface area contributed by atoms with Gasteiger partial charge in [-0.3, -0.25) is 0 Å². The van der Waals surface area contributed by atoms with Crippen LogP contribution >= 0.6 is 28.1 Å². The molecule has 1 aromatic rings. The Kier molecular flexibility index (Phi) is 4.45. The molecule has 3 nitrogen and oxygen atoms in total. The van der Waals surface area contributed by atoms with Crippen LogP contribution < -0.4 is 0 Å². The van der Waals surface area contributed by atoms with Gasteiger partial charge in [0, 0.05) is 7.11 Å². The average Bonchev–Trinajstić information content (AvgIpc) is 2.11. The molecule has 0 unspecified atom stereocenters. The summed E-state index contributed by atoms with van der Waals surface area (Å²) in [5.41, 5.74) is 0.446. The first-order chi connectivity index (χ1) is 7.33. The lowest BCUT2D eigenvalue weighted by Gasteiger charge is -2.09. The molecule has 0 saturated heterocycles. The van der Waals surface area contributed by atoms with Crippen LogP contribution in [0, 0.1) is 4.64 Å². The zero-order valence-corrected chi connectivity index (χ0v) is 10.6. The lowest BCUT2D eigenvalue weighted by atomic mass is 10.3. The van der Waals surface area contributed by atoms with E-state index in [9.17, 15) is 13.2 Å². The minimum atomic E-state index is -4.32. The van der Waals surface area contributed by atoms with Gasteiger partial charge in [0.2, 0.25) is 0 Å². The summed E-state index contributed by atoms with van der Waals surface area (Å²) in [5, 5.41) is 0. The summed E-state index contributed by atoms with van der Waals surface area (Å²) in [6, 6.07) is 0. The fraction of sp³-hybridized carbons (Fsp3) is 0.500. The lowest BCUT2D eigenvalue weighted by molar-refractivity contribution is -0.128. The fourth-order valence-corrected chi connectivity index (χ4v) is 1.61. The van der Waals surface area contributed by atoms with Crippen LogP contribution in [0.2, 0.25) is 0 Å². The number of aromatic amines is 1. The highest BCUT2D eigenvalue weighted by Crippen LogP contribution is 2.22. The first-order valence-electron chi connectivity index (χ1n) is 4.16. The maximum atomic E-state index is 12.2. The molecule has 1 aromatic heterocycles. The van der Waals surface area contributed by atoms with Crippen molar-refractivity contribution in [2.45, 2.75) is 19.2 Å². The molecule has 16 heavy (non-hydrogen) atoms. The Bertz CT molecular complexity index is 432. The van der Waals surface area contributed by atoms with Gasteiger partial charge in [-0.25, -0.2) is 4.98 Å². The fourth-order valence-electron chi connectivity index (χ4n) is 1.08. The number of alkyl halides is 3. The third-order valence-corrected chi connectivity index (χ3v) is 3.05. The highest BCUT2D eigenvalue weighted by Gasteiger charge is 2.29. The van der Waals surface area contributed by atoms with Gasteiger partial charge in [0.05, 0.1) is 16.8 Å². The number of nitrogens with zero attached hydrogens (tertiary/aromatic N) is 1. The van der Waals surface area contributed by atoms with Crippen molar-refractivity contribution in [2.24, 2.45) is 0 Å². The highest BCUT2D eigenvalue weighted by atomic mass is 79.9. The smallest absolute Gasteiger partial charge is 0.378 e. The van der Waals surface area contributed by atoms with Crippen molar-refractivity contribution in [1.29, 1.82) is 0 Å². The number of H-pyrrole nitrogens is 1. The minimum absolute atomic E-state index is 0.0880. The third-order valence-electron chi connectivity index (χ3n) is 1.64. The zero-order valence-electron chi connectivity index (χ0n) is 8.19. The molecule has 0 saturated carbocycles. The molecular weight excluding hydrogens is 309 g/mol. The molecule has 0 aliphatic heterocycles. The first kappa shape index (κ1) is 13.6. The van der Waals surface area contributed by atoms with E-state index in [-0.39, 0.29) is 17.1 Å². The summed E-state index contributed by atoms with van der Waals surface area (Å²) in [7, 11) is 1.44. The SMILES string of the molecule is COCc1[nH]c(CC(F)(F)F)nc(=S)c1Br. The molecular formula is C8H8BrF3N2OS. The van der Waals surface area contributed by atoms with Crippen LogP contribution in [0.25, 0.3) is 0 Å². The number of nitrogens with one attached hydrogen (secondary N) is 1. The predicted molar refractivity (Wildman–Crippen MR) is 57.6 cm³/mol. The van der Waals surface area contributed by atoms with Gasteiger partial charge in [0.15, 0.2) is 0 Å². The van der Waals surface area contributed by atoms with E-state index >= 15 is 0 Å². The molecule has 0 atom stereocenters. The third kappa shape index (κ3) is 3.84. The van der Waals surface area contributed by atoms with Crippen LogP contribution in [0.4, 0.5) is 13.2 Å². The largest absolute Gasteiger partial charge is 0.396 e. The Labute approximate surface area is 103 Å². The molecule has 0 bridgehead atoms. The summed E-state index contributed by atoms with van der Waals surface area (Å²) in [5.74, 6) is -0.215. The van der Waals surface area contributed by atoms with Gasteiger partial charge in [-0.15, -0.1) is 0 Å². The number of halogens is 4. The van der Waals surface area contributed by atoms with Crippen molar-refractivity contribution in [3.63, 3.8) is 0 Å². The van der Waals surface area contributed by atoms with Gasteiger partial charge in [-0.2, -0.15) is 13.2 Å². The van der Waals surface area contributed by atoms with E-state index in [0.29, 0.717) is 10.2 Å². The van der Waals surface area contributed by atoms with Gasteiger partial charge in [0.25, 0.3) is 0 Å². The summed E-state index contributed by atoms with van der Waals surface area (Å²) in [4.78, 5) is 6.18. The standard InChI is InChI=1S/C8H8BrF3N2OS/c1-15-3-4-6(9)7(16)14-5(13-4)2-8(10,11)12/h2-3H2,1H3,(H,13,14,16). The molecule has 0 radical (unpaired) electrons. The van der Waals surface area contributed by atoms with E-state index in [1.165, 1.54) is 7.11 Å². The molecule has 0 spiro atoms. The number of hydrogen-bond acceptors (Lipinski definition) is 3. The van der Waals surface area contributed by atoms with Crippen molar-refractivity contribution in [3.05, 3.63) is 20.6 Å². The monoisotopic (exact) mass is 316 g/mol. The summed E-state index contributed by atoms with van der Waals surface area (Å²) < 4.78 is 41.8. The van der Waals surface area contributed by atoms with E-state index in [4.69, 9.17) is 17.0 Å². The Morgan fingerprint density at radius 2 is 2.12 bits per heavy atom. The molecule has 1 rings (SSSR count). The van der Waals surface area contributed by atoms with E-state index in [1.54, 1.807) is 0 Å². The molecule has 0 aliphatic rings. The molecule has 8 heteroatoms. The van der Waals surface area contributed by atoms with E-state index in [1.807, 2.05) is 0 Å². The van der Waals surface area contributed by atoms with Crippen molar-refractivity contribution in [3.8, 4) is 0 Å². The van der Waals surface area contributed by atoms with Gasteiger partial charge < -0.3 is 9.72 Å². The number of methoxy groups -OCH3 is 1. The predicted octanol–water partition coefficient (Wildman–Crippen LogP) is 3.15. The van der Waals surface area contributed by atoms with Gasteiger partial charge >= 0.3 is 6.18 Å². The summed E-state index contributed by atoms with van der Waals surface area (Å²) in [6.45, 7) is 0.137. The number of rotatable bonds is 3. The molecule has 90 valence electrons. The normalized spacial score (nSPS) is 11.8. The summed E-state index contributed by atoms with van der Waals surface area (Å²) in [6.07, 6.45) is -5.45. The van der Waals surface area contributed by atoms with Gasteiger partial charge in [0.1, 0.15) is 16.9 Å². The van der Waals surface area contributed by atoms with Crippen LogP contribution in [0.5, 0.6) is 0 Å². The molecule has 1 heterocycles. The molecule has 0 amide bonds. The number of ether oxygens (including phenoxy) is 1. The molecule has 0 aliphatic carbocycles. The zero-order chi connectivity index (χ0) is 12.3. The second kappa shape index (κ2) is 5.24. The number of hydrogen-bond donors (Lipinski definition) is 1. The Morgan fingerprint density at radius 3 is 2.62 bits per heavy atom. The van der Waals surface area contributed by atoms with Crippen LogP contribution in [0.1, 0.15) is 11.5 Å². The van der Waals surface area contributed by atoms with Crippen molar-refractivity contribution in [1.82, 2.24) is 9.97 Å². The maximum Gasteiger partial charge on any atom is 0.396 e. The quantitative estimate of drug-likeness (QED) is 0.870. The topological polar surface area (TPSA) is 37.9 Å². The maximum absolute atomic E-state index is 12.2. The number of aromatic nitrogens is 2. The van der Waals surface area contributed by atoms with Crippen molar-refractivity contribution < 1.29 is 17.9 Å². The first-order valence-corrected chi connectivity index (χ1v) is 5.37. The van der Waals surface area contributed by atoms with E-state index in [2.05, 4.69) is 25.9 Å². The van der Waals surface area contributed by atoms with E-state index < -0.39 is 12.6 Å². The van der Waals surface area contributed by atoms with E-state index in [0.717, 1.165) is 0 Å². The highest BCUT2D eigenvalue weighted by molar-refractivity contribution is 9.10. The molecule has 0 fully saturated rings. The van der Waals surface area contributed by atoms with Crippen LogP contribution in [-0.4, -0.2) is 23.3 Å². The van der Waals surface area contributed by atoms with Crippen molar-refractivity contribution in [2.75, 3.05) is 7.11 Å². The van der Waals surface area contributed by atoms with Crippen molar-refractivity contribution >= 4 is 28.1 Å². The Morgan fingerprint density at radius 1 is 1.50 bits per heavy atom. The second-order valence-electron chi connectivity index (χ2n) is 3.01. The Balaban J connectivity index is 3.09. The molecule has 0 aromatic carbocycles. The van der Waals surface area contributed by atoms with Crippen LogP contribution in [-0.2, 0) is 17.8 Å². The molecule has 1 N–H and O–H groups in total. The van der Waals surface area contributed by atoms with Gasteiger partial charge in [-0.1, -0.05) is 12.2 Å². The van der Waals surface area contributed by atoms with Crippen LogP contribution in [0.3, 0.4) is 0 Å². The Hall–Kier alpha value is -0.470. The lowest BCUT2D eigenvalue weighted by Crippen LogP contribution is -2.15.